The summed E-state index contributed by atoms with van der Waals surface area (Å²) in [5.41, 5.74) is 1.09. The first kappa shape index (κ1) is 14.7. The topological polar surface area (TPSA) is 48.0 Å². The maximum absolute atomic E-state index is 11.5. The van der Waals surface area contributed by atoms with Gasteiger partial charge in [-0.15, -0.1) is 0 Å². The maximum atomic E-state index is 11.5. The van der Waals surface area contributed by atoms with E-state index in [9.17, 15) is 4.79 Å². The molecule has 0 spiro atoms. The summed E-state index contributed by atoms with van der Waals surface area (Å²) in [6.45, 7) is 1.21. The average Bonchev–Trinajstić information content (AvgIpc) is 2.94. The lowest BCUT2D eigenvalue weighted by molar-refractivity contribution is -0.142. The number of benzene rings is 1. The number of nitrogens with zero attached hydrogens (tertiary/aromatic N) is 1. The molecule has 20 heavy (non-hydrogen) atoms. The number of esters is 1. The van der Waals surface area contributed by atoms with E-state index in [4.69, 9.17) is 14.2 Å². The summed E-state index contributed by atoms with van der Waals surface area (Å²) in [5, 5.41) is 0. The highest BCUT2D eigenvalue weighted by atomic mass is 16.5. The van der Waals surface area contributed by atoms with Crippen molar-refractivity contribution in [2.75, 3.05) is 34.4 Å². The van der Waals surface area contributed by atoms with Crippen LogP contribution >= 0.6 is 0 Å². The van der Waals surface area contributed by atoms with Crippen molar-refractivity contribution in [3.05, 3.63) is 23.8 Å². The van der Waals surface area contributed by atoms with Crippen molar-refractivity contribution < 1.29 is 19.0 Å². The Kier molecular flexibility index (Phi) is 4.84. The van der Waals surface area contributed by atoms with Gasteiger partial charge in [0.25, 0.3) is 0 Å². The van der Waals surface area contributed by atoms with Crippen molar-refractivity contribution in [2.45, 2.75) is 18.9 Å². The molecule has 1 aliphatic rings. The molecule has 2 rings (SSSR count). The van der Waals surface area contributed by atoms with Gasteiger partial charge in [-0.2, -0.15) is 0 Å². The van der Waals surface area contributed by atoms with Crippen LogP contribution in [0.25, 0.3) is 0 Å². The molecule has 1 aromatic rings. The lowest BCUT2D eigenvalue weighted by Gasteiger charge is -2.25. The van der Waals surface area contributed by atoms with Gasteiger partial charge in [-0.1, -0.05) is 6.07 Å². The lowest BCUT2D eigenvalue weighted by Crippen LogP contribution is -2.30. The third kappa shape index (κ3) is 3.04. The quantitative estimate of drug-likeness (QED) is 0.772. The molecule has 5 nitrogen and oxygen atoms in total. The van der Waals surface area contributed by atoms with Crippen LogP contribution in [0.15, 0.2) is 18.2 Å². The number of rotatable bonds is 5. The normalized spacial score (nSPS) is 18.9. The number of ether oxygens (including phenoxy) is 3. The molecule has 0 radical (unpaired) electrons. The van der Waals surface area contributed by atoms with Gasteiger partial charge in [-0.05, 0) is 25.5 Å². The van der Waals surface area contributed by atoms with E-state index in [2.05, 4.69) is 4.90 Å². The molecule has 1 fully saturated rings. The van der Waals surface area contributed by atoms with Crippen LogP contribution in [-0.2, 0) is 9.53 Å². The van der Waals surface area contributed by atoms with E-state index in [1.54, 1.807) is 14.2 Å². The second-order valence-corrected chi connectivity index (χ2v) is 4.81. The second-order valence-electron chi connectivity index (χ2n) is 4.81. The predicted molar refractivity (Wildman–Crippen MR) is 75.1 cm³/mol. The van der Waals surface area contributed by atoms with Gasteiger partial charge in [0.2, 0.25) is 0 Å². The monoisotopic (exact) mass is 279 g/mol. The third-order valence-electron chi connectivity index (χ3n) is 3.72. The van der Waals surface area contributed by atoms with Crippen LogP contribution in [0.1, 0.15) is 24.4 Å². The molecule has 1 aliphatic heterocycles. The number of carbonyl (C=O) groups excluding carboxylic acids is 1. The Morgan fingerprint density at radius 3 is 2.75 bits per heavy atom. The highest BCUT2D eigenvalue weighted by Crippen LogP contribution is 2.38. The Morgan fingerprint density at radius 2 is 2.10 bits per heavy atom. The Balaban J connectivity index is 2.22. The molecule has 1 saturated heterocycles. The van der Waals surface area contributed by atoms with Crippen molar-refractivity contribution in [1.82, 2.24) is 4.90 Å². The molecular weight excluding hydrogens is 258 g/mol. The number of hydrogen-bond donors (Lipinski definition) is 0. The molecule has 5 heteroatoms. The molecule has 0 bridgehead atoms. The molecule has 0 saturated carbocycles. The van der Waals surface area contributed by atoms with Crippen molar-refractivity contribution >= 4 is 5.97 Å². The zero-order valence-corrected chi connectivity index (χ0v) is 12.2. The zero-order chi connectivity index (χ0) is 14.5. The summed E-state index contributed by atoms with van der Waals surface area (Å²) in [6, 6.07) is 6.00. The fraction of sp³-hybridized carbons (Fsp3) is 0.533. The van der Waals surface area contributed by atoms with E-state index in [0.29, 0.717) is 6.54 Å². The number of carbonyl (C=O) groups is 1. The van der Waals surface area contributed by atoms with Crippen LogP contribution in [0.5, 0.6) is 11.5 Å². The summed E-state index contributed by atoms with van der Waals surface area (Å²) in [7, 11) is 4.70. The second kappa shape index (κ2) is 6.61. The Morgan fingerprint density at radius 1 is 1.30 bits per heavy atom. The van der Waals surface area contributed by atoms with E-state index in [1.165, 1.54) is 7.11 Å². The number of likely N-dealkylation sites (tertiary alicyclic amines) is 1. The third-order valence-corrected chi connectivity index (χ3v) is 3.72. The first-order valence-corrected chi connectivity index (χ1v) is 6.72. The minimum atomic E-state index is -0.204. The van der Waals surface area contributed by atoms with Gasteiger partial charge < -0.3 is 14.2 Å². The molecule has 1 heterocycles. The van der Waals surface area contributed by atoms with E-state index in [1.807, 2.05) is 18.2 Å². The van der Waals surface area contributed by atoms with E-state index in [0.717, 1.165) is 36.4 Å². The van der Waals surface area contributed by atoms with E-state index in [-0.39, 0.29) is 12.0 Å². The first-order valence-electron chi connectivity index (χ1n) is 6.72. The minimum absolute atomic E-state index is 0.190. The molecule has 0 unspecified atom stereocenters. The Labute approximate surface area is 119 Å². The average molecular weight is 279 g/mol. The van der Waals surface area contributed by atoms with E-state index >= 15 is 0 Å². The lowest BCUT2D eigenvalue weighted by atomic mass is 10.0. The van der Waals surface area contributed by atoms with Crippen LogP contribution in [0.4, 0.5) is 0 Å². The van der Waals surface area contributed by atoms with Crippen molar-refractivity contribution in [2.24, 2.45) is 0 Å². The highest BCUT2D eigenvalue weighted by molar-refractivity contribution is 5.71. The highest BCUT2D eigenvalue weighted by Gasteiger charge is 2.30. The first-order chi connectivity index (χ1) is 9.69. The maximum Gasteiger partial charge on any atom is 0.319 e. The Bertz CT molecular complexity index is 475. The molecule has 110 valence electrons. The van der Waals surface area contributed by atoms with Crippen molar-refractivity contribution in [1.29, 1.82) is 0 Å². The summed E-state index contributed by atoms with van der Waals surface area (Å²) < 4.78 is 15.4. The molecular formula is C15H21NO4. The molecule has 0 aliphatic carbocycles. The van der Waals surface area contributed by atoms with Gasteiger partial charge >= 0.3 is 5.97 Å². The SMILES string of the molecule is COC(=O)CN1CCC[C@H]1c1ccc(OC)cc1OC. The van der Waals surface area contributed by atoms with Gasteiger partial charge in [0.15, 0.2) is 0 Å². The van der Waals surface area contributed by atoms with Crippen LogP contribution in [0.2, 0.25) is 0 Å². The molecule has 0 N–H and O–H groups in total. The van der Waals surface area contributed by atoms with Crippen LogP contribution < -0.4 is 9.47 Å². The predicted octanol–water partition coefficient (Wildman–Crippen LogP) is 2.01. The molecule has 1 aromatic carbocycles. The number of hydrogen-bond acceptors (Lipinski definition) is 5. The summed E-state index contributed by atoms with van der Waals surface area (Å²) in [4.78, 5) is 13.6. The van der Waals surface area contributed by atoms with Crippen molar-refractivity contribution in [3.63, 3.8) is 0 Å². The van der Waals surface area contributed by atoms with Crippen LogP contribution in [0.3, 0.4) is 0 Å². The number of methoxy groups -OCH3 is 3. The van der Waals surface area contributed by atoms with Gasteiger partial charge in [0.1, 0.15) is 11.5 Å². The van der Waals surface area contributed by atoms with Crippen molar-refractivity contribution in [3.8, 4) is 11.5 Å². The summed E-state index contributed by atoms with van der Waals surface area (Å²) in [6.07, 6.45) is 2.08. The smallest absolute Gasteiger partial charge is 0.319 e. The van der Waals surface area contributed by atoms with Gasteiger partial charge in [-0.25, -0.2) is 0 Å². The zero-order valence-electron chi connectivity index (χ0n) is 12.2. The molecule has 1 atom stereocenters. The summed E-state index contributed by atoms with van der Waals surface area (Å²) in [5.74, 6) is 1.36. The molecule has 0 aromatic heterocycles. The summed E-state index contributed by atoms with van der Waals surface area (Å²) >= 11 is 0. The van der Waals surface area contributed by atoms with Crippen LogP contribution in [-0.4, -0.2) is 45.3 Å². The van der Waals surface area contributed by atoms with Crippen LogP contribution in [0, 0.1) is 0 Å². The standard InChI is InChI=1S/C15H21NO4/c1-18-11-6-7-12(14(9-11)19-2)13-5-4-8-16(13)10-15(17)20-3/h6-7,9,13H,4-5,8,10H2,1-3H3/t13-/m0/s1. The molecule has 0 amide bonds. The Hall–Kier alpha value is -1.75. The largest absolute Gasteiger partial charge is 0.497 e. The minimum Gasteiger partial charge on any atom is -0.497 e. The fourth-order valence-corrected chi connectivity index (χ4v) is 2.69. The van der Waals surface area contributed by atoms with E-state index < -0.39 is 0 Å². The van der Waals surface area contributed by atoms with Gasteiger partial charge in [-0.3, -0.25) is 9.69 Å². The fourth-order valence-electron chi connectivity index (χ4n) is 2.69. The van der Waals surface area contributed by atoms with Gasteiger partial charge in [0, 0.05) is 17.7 Å². The van der Waals surface area contributed by atoms with Gasteiger partial charge in [0.05, 0.1) is 27.9 Å².